The SMILES string of the molecule is CCN(C(=O)[C@@H](C)Sc1nc(C)nc2ccccc12)[C@H]1CCS(=O)(=O)C1. The van der Waals surface area contributed by atoms with Crippen LogP contribution in [0.3, 0.4) is 0 Å². The number of carbonyl (C=O) groups is 1. The lowest BCUT2D eigenvalue weighted by Gasteiger charge is -2.29. The largest absolute Gasteiger partial charge is 0.338 e. The second-order valence-electron chi connectivity index (χ2n) is 6.53. The fourth-order valence-electron chi connectivity index (χ4n) is 3.31. The number of hydrogen-bond acceptors (Lipinski definition) is 6. The number of fused-ring (bicyclic) bond motifs is 1. The van der Waals surface area contributed by atoms with Gasteiger partial charge in [0.2, 0.25) is 5.91 Å². The minimum absolute atomic E-state index is 0.0417. The Morgan fingerprint density at radius 1 is 1.35 bits per heavy atom. The van der Waals surface area contributed by atoms with Crippen LogP contribution in [0.25, 0.3) is 10.9 Å². The zero-order valence-electron chi connectivity index (χ0n) is 15.2. The zero-order chi connectivity index (χ0) is 18.9. The molecule has 140 valence electrons. The Morgan fingerprint density at radius 2 is 2.08 bits per heavy atom. The maximum atomic E-state index is 13.0. The van der Waals surface area contributed by atoms with E-state index in [-0.39, 0.29) is 28.7 Å². The first-order chi connectivity index (χ1) is 12.3. The first-order valence-corrected chi connectivity index (χ1v) is 11.4. The molecule has 0 N–H and O–H groups in total. The fourth-order valence-corrected chi connectivity index (χ4v) is 6.10. The average molecular weight is 394 g/mol. The summed E-state index contributed by atoms with van der Waals surface area (Å²) in [4.78, 5) is 23.6. The molecule has 26 heavy (non-hydrogen) atoms. The van der Waals surface area contributed by atoms with Crippen LogP contribution in [-0.4, -0.2) is 58.5 Å². The van der Waals surface area contributed by atoms with E-state index < -0.39 is 9.84 Å². The summed E-state index contributed by atoms with van der Waals surface area (Å²) in [7, 11) is -3.02. The van der Waals surface area contributed by atoms with E-state index in [2.05, 4.69) is 9.97 Å². The Balaban J connectivity index is 1.81. The first-order valence-electron chi connectivity index (χ1n) is 8.71. The van der Waals surface area contributed by atoms with Crippen LogP contribution in [-0.2, 0) is 14.6 Å². The van der Waals surface area contributed by atoms with Crippen molar-refractivity contribution < 1.29 is 13.2 Å². The summed E-state index contributed by atoms with van der Waals surface area (Å²) < 4.78 is 23.5. The summed E-state index contributed by atoms with van der Waals surface area (Å²) in [6, 6.07) is 7.53. The van der Waals surface area contributed by atoms with Crippen molar-refractivity contribution in [3.05, 3.63) is 30.1 Å². The molecule has 0 radical (unpaired) electrons. The predicted molar refractivity (Wildman–Crippen MR) is 104 cm³/mol. The molecular weight excluding hydrogens is 370 g/mol. The van der Waals surface area contributed by atoms with Crippen molar-refractivity contribution in [3.63, 3.8) is 0 Å². The summed E-state index contributed by atoms with van der Waals surface area (Å²) in [5, 5.41) is 1.36. The van der Waals surface area contributed by atoms with E-state index in [1.807, 2.05) is 45.0 Å². The van der Waals surface area contributed by atoms with Gasteiger partial charge < -0.3 is 4.90 Å². The van der Waals surface area contributed by atoms with Gasteiger partial charge in [-0.25, -0.2) is 18.4 Å². The van der Waals surface area contributed by atoms with Crippen molar-refractivity contribution in [1.82, 2.24) is 14.9 Å². The highest BCUT2D eigenvalue weighted by molar-refractivity contribution is 8.00. The van der Waals surface area contributed by atoms with E-state index in [4.69, 9.17) is 0 Å². The van der Waals surface area contributed by atoms with Gasteiger partial charge in [-0.1, -0.05) is 30.0 Å². The highest BCUT2D eigenvalue weighted by atomic mass is 32.2. The molecule has 1 saturated heterocycles. The molecule has 0 spiro atoms. The summed E-state index contributed by atoms with van der Waals surface area (Å²) in [5.41, 5.74) is 0.858. The maximum Gasteiger partial charge on any atom is 0.236 e. The van der Waals surface area contributed by atoms with E-state index in [1.54, 1.807) is 4.90 Å². The predicted octanol–water partition coefficient (Wildman–Crippen LogP) is 2.45. The summed E-state index contributed by atoms with van der Waals surface area (Å²) in [5.74, 6) is 0.859. The molecule has 1 aromatic heterocycles. The number of thioether (sulfide) groups is 1. The number of aromatic nitrogens is 2. The molecule has 1 aliphatic heterocycles. The van der Waals surface area contributed by atoms with Crippen LogP contribution in [0.15, 0.2) is 29.3 Å². The summed E-state index contributed by atoms with van der Waals surface area (Å²) >= 11 is 1.41. The van der Waals surface area contributed by atoms with Crippen LogP contribution in [0.4, 0.5) is 0 Å². The van der Waals surface area contributed by atoms with Gasteiger partial charge in [-0.05, 0) is 33.3 Å². The van der Waals surface area contributed by atoms with Crippen LogP contribution < -0.4 is 0 Å². The lowest BCUT2D eigenvalue weighted by molar-refractivity contribution is -0.131. The number of rotatable bonds is 5. The third-order valence-corrected chi connectivity index (χ3v) is 7.43. The number of aryl methyl sites for hydroxylation is 1. The van der Waals surface area contributed by atoms with Crippen LogP contribution in [0, 0.1) is 6.92 Å². The molecule has 0 saturated carbocycles. The second kappa shape index (κ2) is 7.52. The minimum Gasteiger partial charge on any atom is -0.338 e. The Labute approximate surface area is 158 Å². The lowest BCUT2D eigenvalue weighted by Crippen LogP contribution is -2.44. The van der Waals surface area contributed by atoms with Crippen molar-refractivity contribution in [1.29, 1.82) is 0 Å². The van der Waals surface area contributed by atoms with E-state index in [1.165, 1.54) is 11.8 Å². The highest BCUT2D eigenvalue weighted by Gasteiger charge is 2.35. The van der Waals surface area contributed by atoms with Crippen LogP contribution >= 0.6 is 11.8 Å². The van der Waals surface area contributed by atoms with Gasteiger partial charge in [-0.15, -0.1) is 0 Å². The van der Waals surface area contributed by atoms with Gasteiger partial charge in [-0.2, -0.15) is 0 Å². The van der Waals surface area contributed by atoms with Crippen molar-refractivity contribution in [2.45, 2.75) is 43.5 Å². The Bertz CT molecular complexity index is 930. The molecule has 3 rings (SSSR count). The van der Waals surface area contributed by atoms with E-state index in [0.717, 1.165) is 15.9 Å². The van der Waals surface area contributed by atoms with Gasteiger partial charge in [0.05, 0.1) is 22.3 Å². The average Bonchev–Trinajstić information content (AvgIpc) is 2.94. The molecule has 2 heterocycles. The molecule has 0 bridgehead atoms. The number of benzene rings is 1. The maximum absolute atomic E-state index is 13.0. The van der Waals surface area contributed by atoms with E-state index >= 15 is 0 Å². The fraction of sp³-hybridized carbons (Fsp3) is 0.500. The molecule has 2 aromatic rings. The van der Waals surface area contributed by atoms with Gasteiger partial charge in [0.1, 0.15) is 10.9 Å². The molecular formula is C18H23N3O3S2. The van der Waals surface area contributed by atoms with Gasteiger partial charge in [0, 0.05) is 18.0 Å². The van der Waals surface area contributed by atoms with Crippen LogP contribution in [0.1, 0.15) is 26.1 Å². The molecule has 6 nitrogen and oxygen atoms in total. The molecule has 1 fully saturated rings. The van der Waals surface area contributed by atoms with Crippen molar-refractivity contribution >= 4 is 38.4 Å². The van der Waals surface area contributed by atoms with Gasteiger partial charge >= 0.3 is 0 Å². The minimum atomic E-state index is -3.02. The molecule has 2 atom stereocenters. The third kappa shape index (κ3) is 4.01. The molecule has 8 heteroatoms. The lowest BCUT2D eigenvalue weighted by atomic mass is 10.2. The number of para-hydroxylation sites is 1. The quantitative estimate of drug-likeness (QED) is 0.573. The molecule has 0 unspecified atom stereocenters. The molecule has 1 aliphatic rings. The normalized spacial score (nSPS) is 20.2. The Morgan fingerprint density at radius 3 is 2.73 bits per heavy atom. The second-order valence-corrected chi connectivity index (χ2v) is 10.1. The number of amides is 1. The van der Waals surface area contributed by atoms with Crippen molar-refractivity contribution in [2.75, 3.05) is 18.1 Å². The van der Waals surface area contributed by atoms with Gasteiger partial charge in [0.15, 0.2) is 9.84 Å². The Hall–Kier alpha value is -1.67. The molecule has 0 aliphatic carbocycles. The van der Waals surface area contributed by atoms with E-state index in [9.17, 15) is 13.2 Å². The summed E-state index contributed by atoms with van der Waals surface area (Å²) in [6.45, 7) is 6.09. The zero-order valence-corrected chi connectivity index (χ0v) is 16.8. The summed E-state index contributed by atoms with van der Waals surface area (Å²) in [6.07, 6.45) is 0.523. The number of hydrogen-bond donors (Lipinski definition) is 0. The van der Waals surface area contributed by atoms with Crippen LogP contribution in [0.5, 0.6) is 0 Å². The standard InChI is InChI=1S/C18H23N3O3S2/c1-4-21(14-9-10-26(23,24)11-14)18(22)12(2)25-17-15-7-5-6-8-16(15)19-13(3)20-17/h5-8,12,14H,4,9-11H2,1-3H3/t12-,14+/m1/s1. The van der Waals surface area contributed by atoms with Crippen molar-refractivity contribution in [3.8, 4) is 0 Å². The molecule has 1 amide bonds. The van der Waals surface area contributed by atoms with Gasteiger partial charge in [0.25, 0.3) is 0 Å². The topological polar surface area (TPSA) is 80.2 Å². The number of nitrogens with zero attached hydrogens (tertiary/aromatic N) is 3. The number of carbonyl (C=O) groups excluding carboxylic acids is 1. The van der Waals surface area contributed by atoms with Crippen molar-refractivity contribution in [2.24, 2.45) is 0 Å². The van der Waals surface area contributed by atoms with Gasteiger partial charge in [-0.3, -0.25) is 4.79 Å². The monoisotopic (exact) mass is 393 g/mol. The first kappa shape index (κ1) is 19.1. The molecule has 1 aromatic carbocycles. The number of sulfone groups is 1. The highest BCUT2D eigenvalue weighted by Crippen LogP contribution is 2.30. The van der Waals surface area contributed by atoms with Crippen LogP contribution in [0.2, 0.25) is 0 Å². The smallest absolute Gasteiger partial charge is 0.236 e. The Kier molecular flexibility index (Phi) is 5.53. The third-order valence-electron chi connectivity index (χ3n) is 4.59. The van der Waals surface area contributed by atoms with E-state index in [0.29, 0.717) is 18.8 Å².